The van der Waals surface area contributed by atoms with E-state index in [0.717, 1.165) is 5.69 Å². The first-order valence-corrected chi connectivity index (χ1v) is 4.95. The molecule has 0 aliphatic carbocycles. The number of halogens is 1. The molecule has 0 aliphatic rings. The molecular formula is C10H12BrNO. The SMILES string of the molecule is CC(C)c1ccc(NC(=O)Br)cc1. The van der Waals surface area contributed by atoms with Crippen molar-refractivity contribution in [2.75, 3.05) is 5.32 Å². The molecule has 0 heterocycles. The molecule has 0 bridgehead atoms. The van der Waals surface area contributed by atoms with Crippen molar-refractivity contribution in [3.8, 4) is 0 Å². The summed E-state index contributed by atoms with van der Waals surface area (Å²) in [5.41, 5.74) is 2.08. The van der Waals surface area contributed by atoms with Gasteiger partial charge in [0, 0.05) is 21.6 Å². The molecule has 0 spiro atoms. The zero-order valence-electron chi connectivity index (χ0n) is 7.67. The number of hydrogen-bond donors (Lipinski definition) is 1. The number of anilines is 1. The summed E-state index contributed by atoms with van der Waals surface area (Å²) in [6.45, 7) is 4.27. The largest absolute Gasteiger partial charge is 0.317 e. The second kappa shape index (κ2) is 4.42. The van der Waals surface area contributed by atoms with E-state index in [0.29, 0.717) is 5.92 Å². The van der Waals surface area contributed by atoms with Crippen LogP contribution < -0.4 is 5.32 Å². The highest BCUT2D eigenvalue weighted by Crippen LogP contribution is 2.17. The lowest BCUT2D eigenvalue weighted by molar-refractivity contribution is 0.270. The number of benzene rings is 1. The third-order valence-electron chi connectivity index (χ3n) is 1.82. The minimum atomic E-state index is -0.218. The normalized spacial score (nSPS) is 10.2. The van der Waals surface area contributed by atoms with Crippen LogP contribution in [0, 0.1) is 0 Å². The van der Waals surface area contributed by atoms with Gasteiger partial charge in [0.15, 0.2) is 0 Å². The monoisotopic (exact) mass is 241 g/mol. The van der Waals surface area contributed by atoms with Crippen molar-refractivity contribution in [3.05, 3.63) is 29.8 Å². The molecule has 0 aromatic heterocycles. The van der Waals surface area contributed by atoms with Gasteiger partial charge in [-0.05, 0) is 23.6 Å². The van der Waals surface area contributed by atoms with E-state index in [-0.39, 0.29) is 4.82 Å². The Balaban J connectivity index is 2.75. The number of hydrogen-bond acceptors (Lipinski definition) is 1. The first kappa shape index (κ1) is 10.3. The van der Waals surface area contributed by atoms with Gasteiger partial charge in [0.05, 0.1) is 0 Å². The summed E-state index contributed by atoms with van der Waals surface area (Å²) in [5, 5.41) is 2.65. The van der Waals surface area contributed by atoms with Crippen LogP contribution in [0.2, 0.25) is 0 Å². The summed E-state index contributed by atoms with van der Waals surface area (Å²) in [7, 11) is 0. The Hall–Kier alpha value is -0.830. The molecule has 0 saturated heterocycles. The lowest BCUT2D eigenvalue weighted by atomic mass is 10.0. The summed E-state index contributed by atoms with van der Waals surface area (Å²) >= 11 is 2.81. The molecular weight excluding hydrogens is 230 g/mol. The highest BCUT2D eigenvalue weighted by atomic mass is 79.9. The quantitative estimate of drug-likeness (QED) is 0.621. The molecule has 13 heavy (non-hydrogen) atoms. The van der Waals surface area contributed by atoms with Crippen LogP contribution in [0.4, 0.5) is 10.5 Å². The van der Waals surface area contributed by atoms with Gasteiger partial charge >= 0.3 is 0 Å². The summed E-state index contributed by atoms with van der Waals surface area (Å²) < 4.78 is 0. The summed E-state index contributed by atoms with van der Waals surface area (Å²) in [4.78, 5) is 10.4. The molecule has 0 fully saturated rings. The van der Waals surface area contributed by atoms with Crippen LogP contribution in [-0.2, 0) is 0 Å². The van der Waals surface area contributed by atoms with E-state index in [4.69, 9.17) is 0 Å². The molecule has 0 aliphatic heterocycles. The van der Waals surface area contributed by atoms with Gasteiger partial charge in [-0.15, -0.1) is 0 Å². The molecule has 0 unspecified atom stereocenters. The predicted octanol–water partition coefficient (Wildman–Crippen LogP) is 3.74. The fraction of sp³-hybridized carbons (Fsp3) is 0.300. The van der Waals surface area contributed by atoms with Crippen molar-refractivity contribution < 1.29 is 4.79 Å². The minimum Gasteiger partial charge on any atom is -0.317 e. The Morgan fingerprint density at radius 2 is 1.85 bits per heavy atom. The first-order valence-electron chi connectivity index (χ1n) is 4.16. The molecule has 70 valence electrons. The van der Waals surface area contributed by atoms with Gasteiger partial charge in [-0.2, -0.15) is 0 Å². The van der Waals surface area contributed by atoms with E-state index < -0.39 is 0 Å². The van der Waals surface area contributed by atoms with Crippen molar-refractivity contribution in [3.63, 3.8) is 0 Å². The van der Waals surface area contributed by atoms with E-state index in [9.17, 15) is 4.79 Å². The van der Waals surface area contributed by atoms with E-state index in [1.165, 1.54) is 5.56 Å². The van der Waals surface area contributed by atoms with E-state index >= 15 is 0 Å². The van der Waals surface area contributed by atoms with E-state index in [2.05, 4.69) is 35.1 Å². The summed E-state index contributed by atoms with van der Waals surface area (Å²) in [5.74, 6) is 0.522. The molecule has 0 radical (unpaired) electrons. The lowest BCUT2D eigenvalue weighted by Gasteiger charge is -2.06. The van der Waals surface area contributed by atoms with Crippen molar-refractivity contribution in [1.82, 2.24) is 0 Å². The van der Waals surface area contributed by atoms with Gasteiger partial charge < -0.3 is 5.32 Å². The minimum absolute atomic E-state index is 0.218. The van der Waals surface area contributed by atoms with Crippen LogP contribution in [-0.4, -0.2) is 4.82 Å². The Kier molecular flexibility index (Phi) is 3.48. The van der Waals surface area contributed by atoms with Gasteiger partial charge in [-0.3, -0.25) is 4.79 Å². The van der Waals surface area contributed by atoms with Gasteiger partial charge in [0.1, 0.15) is 0 Å². The zero-order valence-corrected chi connectivity index (χ0v) is 9.26. The van der Waals surface area contributed by atoms with Crippen LogP contribution in [0.25, 0.3) is 0 Å². The standard InChI is InChI=1S/C10H12BrNO/c1-7(2)8-3-5-9(6-4-8)12-10(11)13/h3-7H,1-2H3,(H,12,13). The molecule has 1 rings (SSSR count). The van der Waals surface area contributed by atoms with Gasteiger partial charge in [-0.1, -0.05) is 26.0 Å². The Bertz CT molecular complexity index is 292. The van der Waals surface area contributed by atoms with Crippen LogP contribution in [0.3, 0.4) is 0 Å². The Morgan fingerprint density at radius 3 is 2.23 bits per heavy atom. The van der Waals surface area contributed by atoms with Crippen molar-refractivity contribution in [2.24, 2.45) is 0 Å². The topological polar surface area (TPSA) is 29.1 Å². The third kappa shape index (κ3) is 3.19. The van der Waals surface area contributed by atoms with Crippen molar-refractivity contribution in [2.45, 2.75) is 19.8 Å². The Morgan fingerprint density at radius 1 is 1.31 bits per heavy atom. The lowest BCUT2D eigenvalue weighted by Crippen LogP contribution is -2.00. The maximum Gasteiger partial charge on any atom is 0.291 e. The molecule has 1 N–H and O–H groups in total. The van der Waals surface area contributed by atoms with Crippen LogP contribution >= 0.6 is 15.9 Å². The van der Waals surface area contributed by atoms with Crippen molar-refractivity contribution >= 4 is 26.4 Å². The molecule has 2 nitrogen and oxygen atoms in total. The maximum atomic E-state index is 10.6. The van der Waals surface area contributed by atoms with E-state index in [1.54, 1.807) is 0 Å². The fourth-order valence-corrected chi connectivity index (χ4v) is 1.29. The first-order chi connectivity index (χ1) is 6.09. The second-order valence-corrected chi connectivity index (χ2v) is 3.90. The molecule has 0 saturated carbocycles. The van der Waals surface area contributed by atoms with Gasteiger partial charge in [-0.25, -0.2) is 0 Å². The number of rotatable bonds is 2. The Labute approximate surface area is 86.5 Å². The molecule has 0 atom stereocenters. The highest BCUT2D eigenvalue weighted by molar-refractivity contribution is 9.18. The van der Waals surface area contributed by atoms with Crippen molar-refractivity contribution in [1.29, 1.82) is 0 Å². The summed E-state index contributed by atoms with van der Waals surface area (Å²) in [6, 6.07) is 7.83. The third-order valence-corrected chi connectivity index (χ3v) is 2.02. The zero-order chi connectivity index (χ0) is 9.84. The number of nitrogens with one attached hydrogen (secondary N) is 1. The fourth-order valence-electron chi connectivity index (χ4n) is 1.06. The molecule has 1 aromatic rings. The highest BCUT2D eigenvalue weighted by Gasteiger charge is 1.99. The second-order valence-electron chi connectivity index (χ2n) is 3.18. The summed E-state index contributed by atoms with van der Waals surface area (Å²) in [6.07, 6.45) is 0. The van der Waals surface area contributed by atoms with Gasteiger partial charge in [0.2, 0.25) is 0 Å². The maximum absolute atomic E-state index is 10.6. The molecule has 1 amide bonds. The average Bonchev–Trinajstić information content (AvgIpc) is 2.04. The van der Waals surface area contributed by atoms with Crippen LogP contribution in [0.5, 0.6) is 0 Å². The predicted molar refractivity (Wildman–Crippen MR) is 58.5 cm³/mol. The van der Waals surface area contributed by atoms with E-state index in [1.807, 2.05) is 24.3 Å². The molecule has 3 heteroatoms. The smallest absolute Gasteiger partial charge is 0.291 e. The van der Waals surface area contributed by atoms with Crippen LogP contribution in [0.1, 0.15) is 25.3 Å². The number of carbonyl (C=O) groups is 1. The number of carbonyl (C=O) groups excluding carboxylic acids is 1. The average molecular weight is 242 g/mol. The number of amides is 1. The van der Waals surface area contributed by atoms with Gasteiger partial charge in [0.25, 0.3) is 4.82 Å². The molecule has 1 aromatic carbocycles. The van der Waals surface area contributed by atoms with Crippen LogP contribution in [0.15, 0.2) is 24.3 Å².